The summed E-state index contributed by atoms with van der Waals surface area (Å²) in [5, 5.41) is 4.91. The van der Waals surface area contributed by atoms with Gasteiger partial charge in [-0.3, -0.25) is 0 Å². The quantitative estimate of drug-likeness (QED) is 0.793. The molecule has 0 saturated heterocycles. The van der Waals surface area contributed by atoms with Gasteiger partial charge in [0.05, 0.1) is 0 Å². The summed E-state index contributed by atoms with van der Waals surface area (Å²) in [6, 6.07) is 9.09. The van der Waals surface area contributed by atoms with E-state index in [4.69, 9.17) is 0 Å². The van der Waals surface area contributed by atoms with E-state index in [9.17, 15) is 0 Å². The highest BCUT2D eigenvalue weighted by atomic mass is 15.0. The fourth-order valence-corrected chi connectivity index (χ4v) is 2.71. The molecule has 0 fully saturated rings. The van der Waals surface area contributed by atoms with Crippen molar-refractivity contribution in [3.63, 3.8) is 0 Å². The van der Waals surface area contributed by atoms with Gasteiger partial charge in [0.25, 0.3) is 0 Å². The SMILES string of the molecule is CCC(CC)Cn1ccc2cc(CNC(C)(C)C)ccc21. The van der Waals surface area contributed by atoms with Crippen LogP contribution in [0.15, 0.2) is 30.5 Å². The predicted molar refractivity (Wildman–Crippen MR) is 92.6 cm³/mol. The molecule has 0 aliphatic rings. The van der Waals surface area contributed by atoms with Crippen LogP contribution >= 0.6 is 0 Å². The number of benzene rings is 1. The van der Waals surface area contributed by atoms with Gasteiger partial charge >= 0.3 is 0 Å². The van der Waals surface area contributed by atoms with Crippen LogP contribution in [0.1, 0.15) is 53.0 Å². The van der Waals surface area contributed by atoms with Gasteiger partial charge in [-0.05, 0) is 55.8 Å². The summed E-state index contributed by atoms with van der Waals surface area (Å²) in [6.45, 7) is 13.3. The minimum absolute atomic E-state index is 0.163. The Morgan fingerprint density at radius 1 is 1.10 bits per heavy atom. The lowest BCUT2D eigenvalue weighted by Crippen LogP contribution is -2.35. The Bertz CT molecular complexity index is 571. The van der Waals surface area contributed by atoms with Crippen LogP contribution in [-0.2, 0) is 13.1 Å². The van der Waals surface area contributed by atoms with E-state index in [2.05, 4.69) is 75.0 Å². The molecule has 2 aromatic rings. The molecule has 1 aromatic heterocycles. The van der Waals surface area contributed by atoms with Crippen LogP contribution in [0.2, 0.25) is 0 Å². The molecule has 0 radical (unpaired) electrons. The van der Waals surface area contributed by atoms with Crippen molar-refractivity contribution in [2.45, 2.75) is 66.1 Å². The molecule has 2 heteroatoms. The standard InChI is InChI=1S/C19H30N2/c1-6-15(7-2)14-21-11-10-17-12-16(8-9-18(17)21)13-20-19(3,4)5/h8-12,15,20H,6-7,13-14H2,1-5H3. The van der Waals surface area contributed by atoms with Crippen LogP contribution in [-0.4, -0.2) is 10.1 Å². The first-order valence-corrected chi connectivity index (χ1v) is 8.25. The van der Waals surface area contributed by atoms with Crippen LogP contribution in [0.3, 0.4) is 0 Å². The van der Waals surface area contributed by atoms with E-state index < -0.39 is 0 Å². The topological polar surface area (TPSA) is 17.0 Å². The van der Waals surface area contributed by atoms with E-state index in [1.165, 1.54) is 29.3 Å². The van der Waals surface area contributed by atoms with Crippen molar-refractivity contribution in [1.82, 2.24) is 9.88 Å². The number of hydrogen-bond donors (Lipinski definition) is 1. The van der Waals surface area contributed by atoms with Crippen molar-refractivity contribution in [3.8, 4) is 0 Å². The Labute approximate surface area is 129 Å². The molecular formula is C19H30N2. The zero-order valence-electron chi connectivity index (χ0n) is 14.2. The van der Waals surface area contributed by atoms with Crippen molar-refractivity contribution in [1.29, 1.82) is 0 Å². The molecule has 1 N–H and O–H groups in total. The molecule has 2 nitrogen and oxygen atoms in total. The Morgan fingerprint density at radius 2 is 1.81 bits per heavy atom. The first-order chi connectivity index (χ1) is 9.93. The normalized spacial score (nSPS) is 12.5. The maximum absolute atomic E-state index is 3.55. The third kappa shape index (κ3) is 4.34. The summed E-state index contributed by atoms with van der Waals surface area (Å²) in [6.07, 6.45) is 4.75. The zero-order valence-corrected chi connectivity index (χ0v) is 14.2. The van der Waals surface area contributed by atoms with Gasteiger partial charge in [-0.2, -0.15) is 0 Å². The monoisotopic (exact) mass is 286 g/mol. The molecule has 116 valence electrons. The van der Waals surface area contributed by atoms with Crippen molar-refractivity contribution in [2.75, 3.05) is 0 Å². The average molecular weight is 286 g/mol. The number of nitrogens with one attached hydrogen (secondary N) is 1. The van der Waals surface area contributed by atoms with Gasteiger partial charge in [-0.15, -0.1) is 0 Å². The molecule has 0 unspecified atom stereocenters. The zero-order chi connectivity index (χ0) is 15.5. The van der Waals surface area contributed by atoms with Gasteiger partial charge in [0.2, 0.25) is 0 Å². The van der Waals surface area contributed by atoms with E-state index >= 15 is 0 Å². The number of nitrogens with zero attached hydrogens (tertiary/aromatic N) is 1. The Balaban J connectivity index is 2.15. The fraction of sp³-hybridized carbons (Fsp3) is 0.579. The number of rotatable bonds is 6. The minimum atomic E-state index is 0.163. The maximum atomic E-state index is 3.55. The minimum Gasteiger partial charge on any atom is -0.347 e. The average Bonchev–Trinajstić information content (AvgIpc) is 2.84. The van der Waals surface area contributed by atoms with Gasteiger partial charge in [-0.1, -0.05) is 32.8 Å². The van der Waals surface area contributed by atoms with Gasteiger partial charge < -0.3 is 9.88 Å². The summed E-state index contributed by atoms with van der Waals surface area (Å²) in [5.74, 6) is 0.780. The van der Waals surface area contributed by atoms with Crippen LogP contribution in [0.5, 0.6) is 0 Å². The van der Waals surface area contributed by atoms with Gasteiger partial charge in [-0.25, -0.2) is 0 Å². The number of aromatic nitrogens is 1. The molecule has 21 heavy (non-hydrogen) atoms. The summed E-state index contributed by atoms with van der Waals surface area (Å²) in [4.78, 5) is 0. The summed E-state index contributed by atoms with van der Waals surface area (Å²) < 4.78 is 2.41. The fourth-order valence-electron chi connectivity index (χ4n) is 2.71. The second-order valence-corrected chi connectivity index (χ2v) is 7.15. The van der Waals surface area contributed by atoms with Crippen LogP contribution in [0, 0.1) is 5.92 Å². The Kier molecular flexibility index (Phi) is 5.10. The Hall–Kier alpha value is -1.28. The summed E-state index contributed by atoms with van der Waals surface area (Å²) >= 11 is 0. The van der Waals surface area contributed by atoms with Crippen LogP contribution in [0.25, 0.3) is 10.9 Å². The van der Waals surface area contributed by atoms with Crippen molar-refractivity contribution >= 4 is 10.9 Å². The molecular weight excluding hydrogens is 256 g/mol. The smallest absolute Gasteiger partial charge is 0.0480 e. The van der Waals surface area contributed by atoms with Gasteiger partial charge in [0.1, 0.15) is 0 Å². The number of hydrogen-bond acceptors (Lipinski definition) is 1. The molecule has 1 heterocycles. The molecule has 0 saturated carbocycles. The van der Waals surface area contributed by atoms with Crippen molar-refractivity contribution < 1.29 is 0 Å². The van der Waals surface area contributed by atoms with Crippen molar-refractivity contribution in [3.05, 3.63) is 36.0 Å². The van der Waals surface area contributed by atoms with E-state index in [-0.39, 0.29) is 5.54 Å². The number of fused-ring (bicyclic) bond motifs is 1. The first kappa shape index (κ1) is 16.1. The predicted octanol–water partition coefficient (Wildman–Crippen LogP) is 4.97. The molecule has 0 amide bonds. The largest absolute Gasteiger partial charge is 0.347 e. The third-order valence-corrected chi connectivity index (χ3v) is 4.27. The molecule has 0 bridgehead atoms. The lowest BCUT2D eigenvalue weighted by atomic mass is 10.0. The van der Waals surface area contributed by atoms with E-state index in [1.807, 2.05) is 0 Å². The van der Waals surface area contributed by atoms with E-state index in [0.29, 0.717) is 0 Å². The Morgan fingerprint density at radius 3 is 2.43 bits per heavy atom. The lowest BCUT2D eigenvalue weighted by Gasteiger charge is -2.20. The second-order valence-electron chi connectivity index (χ2n) is 7.15. The molecule has 0 atom stereocenters. The maximum Gasteiger partial charge on any atom is 0.0480 e. The molecule has 1 aromatic carbocycles. The first-order valence-electron chi connectivity index (χ1n) is 8.25. The second kappa shape index (κ2) is 6.65. The highest BCUT2D eigenvalue weighted by Gasteiger charge is 2.10. The highest BCUT2D eigenvalue weighted by molar-refractivity contribution is 5.80. The van der Waals surface area contributed by atoms with Crippen LogP contribution in [0.4, 0.5) is 0 Å². The van der Waals surface area contributed by atoms with E-state index in [1.54, 1.807) is 0 Å². The van der Waals surface area contributed by atoms with E-state index in [0.717, 1.165) is 19.0 Å². The van der Waals surface area contributed by atoms with Gasteiger partial charge in [0, 0.05) is 30.3 Å². The summed E-state index contributed by atoms with van der Waals surface area (Å²) in [7, 11) is 0. The summed E-state index contributed by atoms with van der Waals surface area (Å²) in [5.41, 5.74) is 2.88. The third-order valence-electron chi connectivity index (χ3n) is 4.27. The van der Waals surface area contributed by atoms with Crippen molar-refractivity contribution in [2.24, 2.45) is 5.92 Å². The molecule has 0 aliphatic heterocycles. The van der Waals surface area contributed by atoms with Crippen LogP contribution < -0.4 is 5.32 Å². The molecule has 0 aliphatic carbocycles. The molecule has 2 rings (SSSR count). The van der Waals surface area contributed by atoms with Gasteiger partial charge in [0.15, 0.2) is 0 Å². The highest BCUT2D eigenvalue weighted by Crippen LogP contribution is 2.21. The molecule has 0 spiro atoms. The lowest BCUT2D eigenvalue weighted by molar-refractivity contribution is 0.424.